The number of anilines is 4. The van der Waals surface area contributed by atoms with Gasteiger partial charge in [0, 0.05) is 11.4 Å². The third kappa shape index (κ3) is 13.2. The van der Waals surface area contributed by atoms with Crippen LogP contribution >= 0.6 is 0 Å². The van der Waals surface area contributed by atoms with Crippen molar-refractivity contribution >= 4 is 98.7 Å². The first-order valence-corrected chi connectivity index (χ1v) is 27.3. The monoisotopic (exact) mass is 1110 g/mol. The van der Waals surface area contributed by atoms with Crippen LogP contribution < -0.4 is 67.3 Å². The Hall–Kier alpha value is -9.19. The number of nitrogens with zero attached hydrogens (tertiary/aromatic N) is 6. The molecule has 22 heteroatoms. The minimum atomic E-state index is -4.94. The molecule has 0 unspecified atom stereocenters. The second-order valence-electron chi connectivity index (χ2n) is 17.9. The first-order chi connectivity index (χ1) is 38.8. The molecule has 0 saturated carbocycles. The molecule has 0 aliphatic carbocycles. The van der Waals surface area contributed by atoms with Crippen molar-refractivity contribution in [3.8, 4) is 47.0 Å². The van der Waals surface area contributed by atoms with E-state index < -0.39 is 30.0 Å². The number of benzene rings is 10. The Morgan fingerprint density at radius 3 is 0.866 bits per heavy atom. The summed E-state index contributed by atoms with van der Waals surface area (Å²) in [5, 5.41) is 13.5. The van der Waals surface area contributed by atoms with Crippen molar-refractivity contribution in [2.24, 2.45) is 0 Å². The van der Waals surface area contributed by atoms with E-state index in [1.165, 1.54) is 36.4 Å². The van der Waals surface area contributed by atoms with Crippen LogP contribution in [0.1, 0.15) is 11.1 Å². The number of hydrogen-bond donors (Lipinski definition) is 4. The van der Waals surface area contributed by atoms with E-state index in [0.29, 0.717) is 23.0 Å². The van der Waals surface area contributed by atoms with Crippen LogP contribution in [-0.2, 0) is 20.2 Å². The summed E-state index contributed by atoms with van der Waals surface area (Å²) >= 11 is 0. The van der Waals surface area contributed by atoms with Crippen molar-refractivity contribution in [2.45, 2.75) is 9.79 Å². The molecule has 12 aromatic rings. The summed E-state index contributed by atoms with van der Waals surface area (Å²) in [5.74, 6) is 1.46. The Kier molecular flexibility index (Phi) is 16.3. The molecule has 0 fully saturated rings. The van der Waals surface area contributed by atoms with Crippen molar-refractivity contribution < 1.29 is 82.6 Å². The molecule has 0 amide bonds. The summed E-state index contributed by atoms with van der Waals surface area (Å²) in [7, 11) is -9.89. The quantitative estimate of drug-likeness (QED) is 0.0406. The van der Waals surface area contributed by atoms with Crippen molar-refractivity contribution in [1.29, 1.82) is 0 Å². The summed E-state index contributed by atoms with van der Waals surface area (Å²) in [6.45, 7) is 0. The fraction of sp³-hybridized carbons (Fsp3) is 0. The number of aromatic nitrogens is 6. The zero-order valence-electron chi connectivity index (χ0n) is 43.4. The van der Waals surface area contributed by atoms with Gasteiger partial charge in [-0.15, -0.1) is 9.97 Å². The number of fused-ring (bicyclic) bond motifs is 4. The first-order valence-electron chi connectivity index (χ1n) is 24.4. The SMILES string of the molecule is O=S(=O)(O)c1cc(Nc2nc(Oc3ccc4ccccc4c3)nc(Oc3ccc4ccccc4c3)n2)ccc1/C=C/c1ccc(Nc2nc(Oc3ccc4ccccc4c3)nc(Oc3ccc4ccccc4c3)n2)cc1S(=O)(=O)O.[Li+].[Li+]. The van der Waals surface area contributed by atoms with Crippen molar-refractivity contribution in [3.63, 3.8) is 0 Å². The Morgan fingerprint density at radius 2 is 0.598 bits per heavy atom. The topological polar surface area (TPSA) is 247 Å². The van der Waals surface area contributed by atoms with Crippen LogP contribution in [0.25, 0.3) is 55.2 Å². The fourth-order valence-electron chi connectivity index (χ4n) is 8.70. The van der Waals surface area contributed by atoms with Crippen LogP contribution in [0.5, 0.6) is 47.0 Å². The third-order valence-electron chi connectivity index (χ3n) is 12.4. The molecule has 0 saturated heterocycles. The number of hydrogen-bond acceptors (Lipinski definition) is 16. The standard InChI is InChI=1S/C60H40N8O10S2.2Li/c69-79(70,71)53-35-47(61-55-63-57(75-49-27-21-37-9-1-5-13-43(37)31-49)67-58(64-55)76-50-28-22-38-10-2-6-14-44(38)32-50)25-19-41(53)17-18-42-20-26-48(36-54(42)80(72,73)74)62-56-65-59(77-51-29-23-39-11-3-7-15-45(39)33-51)68-60(66-56)78-52-30-24-40-12-4-8-16-46(40)34-52;;/h1-36H,(H,69,70,71)(H,72,73,74)(H,61,63,64,67)(H,62,65,66,68);;/q;2*+1/b18-17+;;. The molecule has 2 aromatic heterocycles. The summed E-state index contributed by atoms with van der Waals surface area (Å²) in [6.07, 6.45) is 2.52. The molecule has 2 heterocycles. The van der Waals surface area contributed by atoms with E-state index in [1.807, 2.05) is 146 Å². The van der Waals surface area contributed by atoms with E-state index in [1.54, 1.807) is 24.3 Å². The molecule has 10 aromatic carbocycles. The van der Waals surface area contributed by atoms with Crippen molar-refractivity contribution in [1.82, 2.24) is 29.9 Å². The Morgan fingerprint density at radius 1 is 0.329 bits per heavy atom. The van der Waals surface area contributed by atoms with Crippen LogP contribution in [0.3, 0.4) is 0 Å². The van der Waals surface area contributed by atoms with Gasteiger partial charge in [0.15, 0.2) is 0 Å². The maximum Gasteiger partial charge on any atom is 1.00 e. The van der Waals surface area contributed by atoms with Gasteiger partial charge in [-0.2, -0.15) is 36.8 Å². The second kappa shape index (κ2) is 23.9. The number of nitrogens with one attached hydrogen (secondary N) is 2. The van der Waals surface area contributed by atoms with E-state index in [2.05, 4.69) is 40.5 Å². The molecule has 0 spiro atoms. The molecule has 4 N–H and O–H groups in total. The normalized spacial score (nSPS) is 11.5. The van der Waals surface area contributed by atoms with Gasteiger partial charge in [0.2, 0.25) is 11.9 Å². The average molecular weight is 1110 g/mol. The van der Waals surface area contributed by atoms with E-state index in [0.717, 1.165) is 55.2 Å². The van der Waals surface area contributed by atoms with E-state index >= 15 is 0 Å². The molecular weight excluding hydrogens is 1070 g/mol. The van der Waals surface area contributed by atoms with E-state index in [4.69, 9.17) is 18.9 Å². The smallest absolute Gasteiger partial charge is 0.424 e. The zero-order chi connectivity index (χ0) is 54.8. The predicted molar refractivity (Wildman–Crippen MR) is 304 cm³/mol. The van der Waals surface area contributed by atoms with Gasteiger partial charge in [-0.3, -0.25) is 9.11 Å². The number of rotatable bonds is 16. The molecule has 18 nitrogen and oxygen atoms in total. The van der Waals surface area contributed by atoms with Gasteiger partial charge in [0.05, 0.1) is 0 Å². The molecule has 12 rings (SSSR count). The molecule has 0 aliphatic rings. The van der Waals surface area contributed by atoms with Gasteiger partial charge in [-0.05, 0) is 127 Å². The second-order valence-corrected chi connectivity index (χ2v) is 20.7. The average Bonchev–Trinajstić information content (AvgIpc) is 3.46. The molecule has 0 radical (unpaired) electrons. The number of ether oxygens (including phenoxy) is 4. The largest absolute Gasteiger partial charge is 1.00 e. The Balaban J connectivity index is 0.00000376. The van der Waals surface area contributed by atoms with Gasteiger partial charge in [0.1, 0.15) is 32.8 Å². The van der Waals surface area contributed by atoms with E-state index in [9.17, 15) is 25.9 Å². The van der Waals surface area contributed by atoms with Gasteiger partial charge < -0.3 is 29.6 Å². The van der Waals surface area contributed by atoms with Crippen molar-refractivity contribution in [3.05, 3.63) is 217 Å². The summed E-state index contributed by atoms with van der Waals surface area (Å²) in [6, 6.07) is 60.1. The van der Waals surface area contributed by atoms with E-state index in [-0.39, 0.29) is 96.2 Å². The van der Waals surface area contributed by atoms with Crippen LogP contribution in [-0.4, -0.2) is 55.8 Å². The third-order valence-corrected chi connectivity index (χ3v) is 14.3. The molecular formula is C60H40Li2N8O10S2+2. The zero-order valence-corrected chi connectivity index (χ0v) is 45.1. The summed E-state index contributed by atoms with van der Waals surface area (Å²) in [5.41, 5.74) is 0.110. The maximum atomic E-state index is 13.0. The molecule has 392 valence electrons. The van der Waals surface area contributed by atoms with Crippen LogP contribution in [0.4, 0.5) is 23.3 Å². The summed E-state index contributed by atoms with van der Waals surface area (Å²) < 4.78 is 97.5. The Labute approximate surface area is 492 Å². The fourth-order valence-corrected chi connectivity index (χ4v) is 10.1. The molecule has 0 bridgehead atoms. The first kappa shape index (κ1) is 56.1. The molecule has 0 aliphatic heterocycles. The molecule has 0 atom stereocenters. The predicted octanol–water partition coefficient (Wildman–Crippen LogP) is 8.00. The van der Waals surface area contributed by atoms with Gasteiger partial charge in [0.25, 0.3) is 20.2 Å². The minimum absolute atomic E-state index is 0. The van der Waals surface area contributed by atoms with Crippen LogP contribution in [0, 0.1) is 0 Å². The van der Waals surface area contributed by atoms with Crippen molar-refractivity contribution in [2.75, 3.05) is 10.6 Å². The van der Waals surface area contributed by atoms with Crippen LogP contribution in [0.2, 0.25) is 0 Å². The van der Waals surface area contributed by atoms with Gasteiger partial charge >= 0.3 is 61.8 Å². The van der Waals surface area contributed by atoms with Crippen LogP contribution in [0.15, 0.2) is 216 Å². The van der Waals surface area contributed by atoms with Gasteiger partial charge in [-0.25, -0.2) is 0 Å². The maximum absolute atomic E-state index is 13.0. The summed E-state index contributed by atoms with van der Waals surface area (Å²) in [4.78, 5) is 25.5. The Bertz CT molecular complexity index is 4190. The molecule has 82 heavy (non-hydrogen) atoms. The van der Waals surface area contributed by atoms with Gasteiger partial charge in [-0.1, -0.05) is 146 Å². The minimum Gasteiger partial charge on any atom is -0.424 e.